The van der Waals surface area contributed by atoms with Gasteiger partial charge in [-0.1, -0.05) is 0 Å². The van der Waals surface area contributed by atoms with Crippen molar-refractivity contribution in [2.24, 2.45) is 0 Å². The molecule has 2 aromatic rings. The van der Waals surface area contributed by atoms with Gasteiger partial charge in [-0.2, -0.15) is 5.10 Å². The van der Waals surface area contributed by atoms with Gasteiger partial charge in [-0.25, -0.2) is 0 Å². The number of hydrogen-bond donors (Lipinski definition) is 1. The van der Waals surface area contributed by atoms with Gasteiger partial charge >= 0.3 is 0 Å². The van der Waals surface area contributed by atoms with Crippen LogP contribution in [0.2, 0.25) is 0 Å². The lowest BCUT2D eigenvalue weighted by Gasteiger charge is -2.10. The lowest BCUT2D eigenvalue weighted by Crippen LogP contribution is -2.01. The van der Waals surface area contributed by atoms with Crippen molar-refractivity contribution in [3.05, 3.63) is 34.2 Å². The van der Waals surface area contributed by atoms with Crippen molar-refractivity contribution in [2.75, 3.05) is 0 Å². The van der Waals surface area contributed by atoms with Gasteiger partial charge in [-0.3, -0.25) is 10.1 Å². The van der Waals surface area contributed by atoms with E-state index in [2.05, 4.69) is 37.2 Å². The van der Waals surface area contributed by atoms with E-state index in [-0.39, 0.29) is 0 Å². The summed E-state index contributed by atoms with van der Waals surface area (Å²) in [5.74, 6) is 0. The van der Waals surface area contributed by atoms with Crippen molar-refractivity contribution < 1.29 is 0 Å². The molecule has 4 heteroatoms. The zero-order chi connectivity index (χ0) is 11.0. The Morgan fingerprint density at radius 3 is 2.94 bits per heavy atom. The first-order chi connectivity index (χ1) is 7.84. The molecule has 0 radical (unpaired) electrons. The summed E-state index contributed by atoms with van der Waals surface area (Å²) in [6, 6.07) is 2.07. The maximum absolute atomic E-state index is 4.42. The predicted octanol–water partition coefficient (Wildman–Crippen LogP) is 3.11. The largest absolute Gasteiger partial charge is 0.282 e. The second kappa shape index (κ2) is 4.01. The summed E-state index contributed by atoms with van der Waals surface area (Å²) in [6.45, 7) is 0. The van der Waals surface area contributed by atoms with Crippen molar-refractivity contribution >= 4 is 15.9 Å². The summed E-state index contributed by atoms with van der Waals surface area (Å²) in [5, 5.41) is 7.57. The van der Waals surface area contributed by atoms with Crippen LogP contribution in [0, 0.1) is 0 Å². The van der Waals surface area contributed by atoms with E-state index in [4.69, 9.17) is 0 Å². The lowest BCUT2D eigenvalue weighted by atomic mass is 9.94. The summed E-state index contributed by atoms with van der Waals surface area (Å²) < 4.78 is 0.998. The van der Waals surface area contributed by atoms with Gasteiger partial charge < -0.3 is 0 Å². The molecule has 0 aliphatic heterocycles. The lowest BCUT2D eigenvalue weighted by molar-refractivity contribution is 0.675. The standard InChI is InChI=1S/C12H12BrN3/c13-9-5-8(6-14-7-9)12-10-3-1-2-4-11(10)15-16-12/h5-7H,1-4H2,(H,15,16). The van der Waals surface area contributed by atoms with Gasteiger partial charge in [-0.05, 0) is 47.7 Å². The van der Waals surface area contributed by atoms with Crippen molar-refractivity contribution in [2.45, 2.75) is 25.7 Å². The molecule has 0 atom stereocenters. The molecule has 1 N–H and O–H groups in total. The average molecular weight is 278 g/mol. The highest BCUT2D eigenvalue weighted by Gasteiger charge is 2.17. The number of halogens is 1. The fourth-order valence-electron chi connectivity index (χ4n) is 2.26. The third-order valence-electron chi connectivity index (χ3n) is 3.03. The Morgan fingerprint density at radius 1 is 1.19 bits per heavy atom. The van der Waals surface area contributed by atoms with Gasteiger partial charge in [0.05, 0.1) is 5.69 Å². The van der Waals surface area contributed by atoms with Gasteiger partial charge in [0.1, 0.15) is 0 Å². The minimum atomic E-state index is 0.998. The minimum absolute atomic E-state index is 0.998. The number of aryl methyl sites for hydroxylation is 1. The van der Waals surface area contributed by atoms with Crippen molar-refractivity contribution in [3.8, 4) is 11.3 Å². The Bertz CT molecular complexity index is 519. The number of rotatable bonds is 1. The summed E-state index contributed by atoms with van der Waals surface area (Å²) in [5.41, 5.74) is 4.85. The predicted molar refractivity (Wildman–Crippen MR) is 66.2 cm³/mol. The molecular formula is C12H12BrN3. The molecule has 1 aliphatic carbocycles. The molecule has 16 heavy (non-hydrogen) atoms. The second-order valence-electron chi connectivity index (χ2n) is 4.13. The number of H-pyrrole nitrogens is 1. The summed E-state index contributed by atoms with van der Waals surface area (Å²) in [7, 11) is 0. The van der Waals surface area contributed by atoms with E-state index in [1.54, 1.807) is 6.20 Å². The van der Waals surface area contributed by atoms with E-state index < -0.39 is 0 Å². The topological polar surface area (TPSA) is 41.6 Å². The quantitative estimate of drug-likeness (QED) is 0.870. The highest BCUT2D eigenvalue weighted by Crippen LogP contribution is 2.29. The molecule has 0 amide bonds. The number of aromatic amines is 1. The van der Waals surface area contributed by atoms with Crippen molar-refractivity contribution in [1.82, 2.24) is 15.2 Å². The van der Waals surface area contributed by atoms with Gasteiger partial charge in [0.25, 0.3) is 0 Å². The van der Waals surface area contributed by atoms with Gasteiger partial charge in [-0.15, -0.1) is 0 Å². The van der Waals surface area contributed by atoms with E-state index in [9.17, 15) is 0 Å². The fourth-order valence-corrected chi connectivity index (χ4v) is 2.63. The zero-order valence-electron chi connectivity index (χ0n) is 8.83. The number of pyridine rings is 1. The first-order valence-corrected chi connectivity index (χ1v) is 6.31. The zero-order valence-corrected chi connectivity index (χ0v) is 10.4. The van der Waals surface area contributed by atoms with Crippen LogP contribution in [0.4, 0.5) is 0 Å². The second-order valence-corrected chi connectivity index (χ2v) is 5.04. The fraction of sp³-hybridized carbons (Fsp3) is 0.333. The highest BCUT2D eigenvalue weighted by atomic mass is 79.9. The molecule has 0 saturated carbocycles. The summed E-state index contributed by atoms with van der Waals surface area (Å²) in [6.07, 6.45) is 8.46. The van der Waals surface area contributed by atoms with E-state index in [1.165, 1.54) is 24.1 Å². The third-order valence-corrected chi connectivity index (χ3v) is 3.47. The molecule has 0 fully saturated rings. The first kappa shape index (κ1) is 10.0. The third kappa shape index (κ3) is 1.67. The van der Waals surface area contributed by atoms with Crippen molar-refractivity contribution in [3.63, 3.8) is 0 Å². The van der Waals surface area contributed by atoms with Crippen LogP contribution in [0.3, 0.4) is 0 Å². The van der Waals surface area contributed by atoms with Gasteiger partial charge in [0.15, 0.2) is 0 Å². The highest BCUT2D eigenvalue weighted by molar-refractivity contribution is 9.10. The van der Waals surface area contributed by atoms with Crippen molar-refractivity contribution in [1.29, 1.82) is 0 Å². The molecule has 82 valence electrons. The maximum Gasteiger partial charge on any atom is 0.0971 e. The molecule has 0 spiro atoms. The Kier molecular flexibility index (Phi) is 2.52. The number of aromatic nitrogens is 3. The van der Waals surface area contributed by atoms with E-state index >= 15 is 0 Å². The number of nitrogens with one attached hydrogen (secondary N) is 1. The average Bonchev–Trinajstić information content (AvgIpc) is 2.72. The molecular weight excluding hydrogens is 266 g/mol. The molecule has 0 aromatic carbocycles. The van der Waals surface area contributed by atoms with Gasteiger partial charge in [0.2, 0.25) is 0 Å². The molecule has 1 aliphatic rings. The molecule has 0 unspecified atom stereocenters. The Balaban J connectivity index is 2.09. The number of fused-ring (bicyclic) bond motifs is 1. The van der Waals surface area contributed by atoms with Crippen LogP contribution in [0.1, 0.15) is 24.1 Å². The Labute approximate surface area is 102 Å². The Morgan fingerprint density at radius 2 is 2.06 bits per heavy atom. The van der Waals surface area contributed by atoms with Crippen LogP contribution in [0.5, 0.6) is 0 Å². The maximum atomic E-state index is 4.42. The molecule has 3 nitrogen and oxygen atoms in total. The molecule has 0 saturated heterocycles. The van der Waals surface area contributed by atoms with E-state index in [0.29, 0.717) is 0 Å². The van der Waals surface area contributed by atoms with Crippen LogP contribution in [0.15, 0.2) is 22.9 Å². The summed E-state index contributed by atoms with van der Waals surface area (Å²) in [4.78, 5) is 4.19. The number of nitrogens with zero attached hydrogens (tertiary/aromatic N) is 2. The van der Waals surface area contributed by atoms with E-state index in [0.717, 1.165) is 28.6 Å². The first-order valence-electron chi connectivity index (χ1n) is 5.51. The smallest absolute Gasteiger partial charge is 0.0971 e. The normalized spacial score (nSPS) is 14.8. The van der Waals surface area contributed by atoms with Crippen LogP contribution >= 0.6 is 15.9 Å². The molecule has 2 heterocycles. The minimum Gasteiger partial charge on any atom is -0.282 e. The number of hydrogen-bond acceptors (Lipinski definition) is 2. The van der Waals surface area contributed by atoms with Crippen LogP contribution < -0.4 is 0 Å². The molecule has 2 aromatic heterocycles. The summed E-state index contributed by atoms with van der Waals surface area (Å²) >= 11 is 3.44. The monoisotopic (exact) mass is 277 g/mol. The van der Waals surface area contributed by atoms with E-state index in [1.807, 2.05) is 6.20 Å². The van der Waals surface area contributed by atoms with Crippen LogP contribution in [-0.2, 0) is 12.8 Å². The van der Waals surface area contributed by atoms with Crippen LogP contribution in [-0.4, -0.2) is 15.2 Å². The molecule has 0 bridgehead atoms. The molecule has 3 rings (SSSR count). The van der Waals surface area contributed by atoms with Crippen LogP contribution in [0.25, 0.3) is 11.3 Å². The Hall–Kier alpha value is -1.16. The SMILES string of the molecule is Brc1cncc(-c2n[nH]c3c2CCCC3)c1. The van der Waals surface area contributed by atoms with Gasteiger partial charge in [0, 0.05) is 33.7 Å².